The van der Waals surface area contributed by atoms with Gasteiger partial charge in [-0.3, -0.25) is 0 Å². The van der Waals surface area contributed by atoms with E-state index in [4.69, 9.17) is 11.0 Å². The summed E-state index contributed by atoms with van der Waals surface area (Å²) in [5.74, 6) is 0. The minimum Gasteiger partial charge on any atom is -0.391 e. The molecule has 1 aromatic carbocycles. The van der Waals surface area contributed by atoms with Crippen molar-refractivity contribution in [3.63, 3.8) is 0 Å². The van der Waals surface area contributed by atoms with E-state index in [-0.39, 0.29) is 0 Å². The number of hydrogen-bond acceptors (Lipinski definition) is 3. The smallest absolute Gasteiger partial charge is 0.0991 e. The molecule has 0 saturated carbocycles. The second-order valence-electron chi connectivity index (χ2n) is 3.51. The molecule has 2 atom stereocenters. The van der Waals surface area contributed by atoms with E-state index in [1.807, 2.05) is 13.0 Å². The largest absolute Gasteiger partial charge is 0.391 e. The third-order valence-corrected chi connectivity index (χ3v) is 2.13. The molecule has 0 aromatic heterocycles. The molecule has 0 aliphatic carbocycles. The van der Waals surface area contributed by atoms with Gasteiger partial charge in [0.25, 0.3) is 0 Å². The zero-order valence-electron chi connectivity index (χ0n) is 8.36. The Morgan fingerprint density at radius 1 is 1.43 bits per heavy atom. The molecule has 0 aliphatic rings. The lowest BCUT2D eigenvalue weighted by Gasteiger charge is -2.15. The van der Waals surface area contributed by atoms with Crippen molar-refractivity contribution < 1.29 is 5.11 Å². The van der Waals surface area contributed by atoms with Crippen molar-refractivity contribution in [3.8, 4) is 6.07 Å². The van der Waals surface area contributed by atoms with Crippen LogP contribution in [0.5, 0.6) is 0 Å². The fraction of sp³-hybridized carbons (Fsp3) is 0.364. The molecule has 0 unspecified atom stereocenters. The second kappa shape index (κ2) is 4.23. The average molecular weight is 190 g/mol. The van der Waals surface area contributed by atoms with Gasteiger partial charge in [-0.2, -0.15) is 5.26 Å². The van der Waals surface area contributed by atoms with Crippen LogP contribution in [0.15, 0.2) is 18.2 Å². The highest BCUT2D eigenvalue weighted by Crippen LogP contribution is 2.17. The van der Waals surface area contributed by atoms with E-state index in [2.05, 4.69) is 6.07 Å². The number of rotatable bonds is 2. The highest BCUT2D eigenvalue weighted by molar-refractivity contribution is 5.38. The normalized spacial score (nSPS) is 14.5. The van der Waals surface area contributed by atoms with Crippen molar-refractivity contribution in [1.29, 1.82) is 5.26 Å². The van der Waals surface area contributed by atoms with Gasteiger partial charge in [0, 0.05) is 0 Å². The van der Waals surface area contributed by atoms with Crippen molar-refractivity contribution in [2.45, 2.75) is 26.0 Å². The molecule has 74 valence electrons. The number of nitriles is 1. The Labute approximate surface area is 83.8 Å². The summed E-state index contributed by atoms with van der Waals surface area (Å²) in [4.78, 5) is 0. The van der Waals surface area contributed by atoms with Crippen LogP contribution in [0.4, 0.5) is 0 Å². The fourth-order valence-electron chi connectivity index (χ4n) is 1.35. The Morgan fingerprint density at radius 2 is 2.07 bits per heavy atom. The van der Waals surface area contributed by atoms with Gasteiger partial charge in [0.1, 0.15) is 0 Å². The first-order valence-electron chi connectivity index (χ1n) is 4.50. The maximum atomic E-state index is 9.32. The fourth-order valence-corrected chi connectivity index (χ4v) is 1.35. The molecule has 0 radical (unpaired) electrons. The quantitative estimate of drug-likeness (QED) is 0.737. The molecule has 0 aliphatic heterocycles. The van der Waals surface area contributed by atoms with E-state index < -0.39 is 12.1 Å². The van der Waals surface area contributed by atoms with Gasteiger partial charge in [-0.25, -0.2) is 0 Å². The summed E-state index contributed by atoms with van der Waals surface area (Å²) in [7, 11) is 0. The van der Waals surface area contributed by atoms with Gasteiger partial charge < -0.3 is 10.8 Å². The molecular weight excluding hydrogens is 176 g/mol. The second-order valence-corrected chi connectivity index (χ2v) is 3.51. The number of aryl methyl sites for hydroxylation is 1. The van der Waals surface area contributed by atoms with Crippen LogP contribution in [0, 0.1) is 18.3 Å². The number of aliphatic hydroxyl groups excluding tert-OH is 1. The number of aliphatic hydroxyl groups is 1. The predicted octanol–water partition coefficient (Wildman–Crippen LogP) is 1.25. The molecule has 1 rings (SSSR count). The molecule has 1 aromatic rings. The molecule has 0 fully saturated rings. The SMILES string of the molecule is Cc1cc(C#N)cc([C@H](N)[C@@H](C)O)c1. The van der Waals surface area contributed by atoms with Crippen LogP contribution in [0.2, 0.25) is 0 Å². The molecular formula is C11H14N2O. The lowest BCUT2D eigenvalue weighted by molar-refractivity contribution is 0.164. The Hall–Kier alpha value is -1.37. The zero-order valence-corrected chi connectivity index (χ0v) is 8.36. The monoisotopic (exact) mass is 190 g/mol. The molecule has 0 saturated heterocycles. The van der Waals surface area contributed by atoms with Crippen LogP contribution in [-0.4, -0.2) is 11.2 Å². The third-order valence-electron chi connectivity index (χ3n) is 2.13. The molecule has 0 bridgehead atoms. The summed E-state index contributed by atoms with van der Waals surface area (Å²) >= 11 is 0. The molecule has 3 N–H and O–H groups in total. The van der Waals surface area contributed by atoms with Crippen molar-refractivity contribution in [3.05, 3.63) is 34.9 Å². The van der Waals surface area contributed by atoms with Crippen LogP contribution < -0.4 is 5.73 Å². The van der Waals surface area contributed by atoms with E-state index >= 15 is 0 Å². The predicted molar refractivity (Wildman–Crippen MR) is 54.5 cm³/mol. The molecule has 14 heavy (non-hydrogen) atoms. The Balaban J connectivity index is 3.10. The Morgan fingerprint density at radius 3 is 2.57 bits per heavy atom. The summed E-state index contributed by atoms with van der Waals surface area (Å²) in [5, 5.41) is 18.1. The number of nitrogens with two attached hydrogens (primary N) is 1. The van der Waals surface area contributed by atoms with E-state index in [1.54, 1.807) is 19.1 Å². The van der Waals surface area contributed by atoms with Gasteiger partial charge in [0.2, 0.25) is 0 Å². The number of nitrogens with zero attached hydrogens (tertiary/aromatic N) is 1. The van der Waals surface area contributed by atoms with Gasteiger partial charge in [-0.15, -0.1) is 0 Å². The summed E-state index contributed by atoms with van der Waals surface area (Å²) < 4.78 is 0. The highest BCUT2D eigenvalue weighted by atomic mass is 16.3. The topological polar surface area (TPSA) is 70.0 Å². The maximum absolute atomic E-state index is 9.32. The van der Waals surface area contributed by atoms with Crippen LogP contribution in [0.25, 0.3) is 0 Å². The van der Waals surface area contributed by atoms with E-state index in [0.29, 0.717) is 5.56 Å². The van der Waals surface area contributed by atoms with Crippen LogP contribution >= 0.6 is 0 Å². The summed E-state index contributed by atoms with van der Waals surface area (Å²) in [6.45, 7) is 3.54. The highest BCUT2D eigenvalue weighted by Gasteiger charge is 2.12. The van der Waals surface area contributed by atoms with Gasteiger partial charge in [-0.1, -0.05) is 6.07 Å². The van der Waals surface area contributed by atoms with Crippen LogP contribution in [0.1, 0.15) is 29.7 Å². The molecule has 0 spiro atoms. The van der Waals surface area contributed by atoms with Crippen molar-refractivity contribution in [1.82, 2.24) is 0 Å². The number of benzene rings is 1. The van der Waals surface area contributed by atoms with Crippen LogP contribution in [-0.2, 0) is 0 Å². The summed E-state index contributed by atoms with van der Waals surface area (Å²) in [6, 6.07) is 7.03. The minimum absolute atomic E-state index is 0.429. The first-order valence-corrected chi connectivity index (χ1v) is 4.50. The van der Waals surface area contributed by atoms with Crippen molar-refractivity contribution in [2.75, 3.05) is 0 Å². The van der Waals surface area contributed by atoms with Crippen molar-refractivity contribution >= 4 is 0 Å². The zero-order chi connectivity index (χ0) is 10.7. The minimum atomic E-state index is -0.608. The standard InChI is InChI=1S/C11H14N2O/c1-7-3-9(6-12)5-10(4-7)11(13)8(2)14/h3-5,8,11,14H,13H2,1-2H3/t8-,11-/m1/s1. The summed E-state index contributed by atoms with van der Waals surface area (Å²) in [6.07, 6.45) is -0.608. The Kier molecular flexibility index (Phi) is 3.23. The van der Waals surface area contributed by atoms with Crippen molar-refractivity contribution in [2.24, 2.45) is 5.73 Å². The lowest BCUT2D eigenvalue weighted by atomic mass is 9.99. The molecule has 0 amide bonds. The first kappa shape index (κ1) is 10.7. The van der Waals surface area contributed by atoms with Gasteiger partial charge in [0.05, 0.1) is 23.8 Å². The van der Waals surface area contributed by atoms with Gasteiger partial charge in [0.15, 0.2) is 0 Å². The molecule has 3 nitrogen and oxygen atoms in total. The van der Waals surface area contributed by atoms with E-state index in [1.165, 1.54) is 0 Å². The first-order chi connectivity index (χ1) is 6.54. The summed E-state index contributed by atoms with van der Waals surface area (Å²) in [5.41, 5.74) is 8.13. The molecule has 0 heterocycles. The average Bonchev–Trinajstić information content (AvgIpc) is 2.15. The van der Waals surface area contributed by atoms with Crippen LogP contribution in [0.3, 0.4) is 0 Å². The number of hydrogen-bond donors (Lipinski definition) is 2. The van der Waals surface area contributed by atoms with Gasteiger partial charge in [-0.05, 0) is 37.1 Å². The van der Waals surface area contributed by atoms with E-state index in [0.717, 1.165) is 11.1 Å². The lowest BCUT2D eigenvalue weighted by Crippen LogP contribution is -2.23. The third kappa shape index (κ3) is 2.32. The van der Waals surface area contributed by atoms with E-state index in [9.17, 15) is 5.11 Å². The molecule has 3 heteroatoms. The maximum Gasteiger partial charge on any atom is 0.0991 e. The van der Waals surface area contributed by atoms with Gasteiger partial charge >= 0.3 is 0 Å². The Bertz CT molecular complexity index is 366.